The van der Waals surface area contributed by atoms with E-state index in [2.05, 4.69) is 0 Å². The Kier molecular flexibility index (Phi) is 7.07. The maximum Gasteiger partial charge on any atom is 0.337 e. The fourth-order valence-corrected chi connectivity index (χ4v) is 4.15. The van der Waals surface area contributed by atoms with Gasteiger partial charge in [0.25, 0.3) is 0 Å². The summed E-state index contributed by atoms with van der Waals surface area (Å²) in [6.45, 7) is 0.833. The highest BCUT2D eigenvalue weighted by molar-refractivity contribution is 5.92. The Morgan fingerprint density at radius 1 is 1.09 bits per heavy atom. The minimum atomic E-state index is -0.355. The molecule has 0 aliphatic carbocycles. The van der Waals surface area contributed by atoms with Crippen molar-refractivity contribution in [1.82, 2.24) is 4.90 Å². The fourth-order valence-electron chi connectivity index (χ4n) is 4.15. The van der Waals surface area contributed by atoms with Crippen LogP contribution in [-0.4, -0.2) is 49.0 Å². The van der Waals surface area contributed by atoms with Gasteiger partial charge < -0.3 is 19.1 Å². The van der Waals surface area contributed by atoms with Crippen LogP contribution in [0.4, 0.5) is 0 Å². The topological polar surface area (TPSA) is 82.1 Å². The minimum absolute atomic E-state index is 0.0149. The van der Waals surface area contributed by atoms with Crippen molar-refractivity contribution in [2.45, 2.75) is 38.1 Å². The second-order valence-corrected chi connectivity index (χ2v) is 8.18. The Hall–Kier alpha value is -3.61. The normalized spacial score (nSPS) is 17.1. The predicted molar refractivity (Wildman–Crippen MR) is 121 cm³/mol. The molecule has 0 aromatic heterocycles. The number of methoxy groups -OCH3 is 1. The lowest BCUT2D eigenvalue weighted by Crippen LogP contribution is -2.33. The molecule has 0 N–H and O–H groups in total. The average Bonchev–Trinajstić information content (AvgIpc) is 3.44. The van der Waals surface area contributed by atoms with E-state index in [-0.39, 0.29) is 36.9 Å². The van der Waals surface area contributed by atoms with E-state index in [1.165, 1.54) is 7.11 Å². The highest BCUT2D eigenvalue weighted by Crippen LogP contribution is 2.32. The molecule has 7 nitrogen and oxygen atoms in total. The van der Waals surface area contributed by atoms with Gasteiger partial charge >= 0.3 is 5.97 Å². The third kappa shape index (κ3) is 5.61. The molecule has 0 saturated carbocycles. The van der Waals surface area contributed by atoms with Gasteiger partial charge in [0, 0.05) is 19.4 Å². The third-order valence-corrected chi connectivity index (χ3v) is 5.93. The van der Waals surface area contributed by atoms with Crippen LogP contribution in [0.2, 0.25) is 0 Å². The highest BCUT2D eigenvalue weighted by Gasteiger charge is 2.28. The first kappa shape index (κ1) is 22.6. The number of carbonyl (C=O) groups is 3. The smallest absolute Gasteiger partial charge is 0.337 e. The number of ether oxygens (including phenoxy) is 3. The molecular formula is C26H27NO6. The summed E-state index contributed by atoms with van der Waals surface area (Å²) in [5, 5.41) is 0. The first-order valence-electron chi connectivity index (χ1n) is 11.1. The first-order valence-corrected chi connectivity index (χ1v) is 11.1. The van der Waals surface area contributed by atoms with Crippen molar-refractivity contribution in [3.05, 3.63) is 71.3 Å². The minimum Gasteiger partial charge on any atom is -0.465 e. The van der Waals surface area contributed by atoms with Crippen molar-refractivity contribution < 1.29 is 28.6 Å². The SMILES string of the molecule is COC(=O)c1ccc(CCCN2C(=O)CC[C@@H]2C=CC(=O)Cc2ccc3c(c2)OCO3)cc1. The second kappa shape index (κ2) is 10.3. The number of hydrogen-bond donors (Lipinski definition) is 0. The summed E-state index contributed by atoms with van der Waals surface area (Å²) < 4.78 is 15.4. The number of nitrogens with zero attached hydrogens (tertiary/aromatic N) is 1. The molecule has 1 amide bonds. The quantitative estimate of drug-likeness (QED) is 0.431. The highest BCUT2D eigenvalue weighted by atomic mass is 16.7. The molecule has 1 atom stereocenters. The van der Waals surface area contributed by atoms with Crippen molar-refractivity contribution in [1.29, 1.82) is 0 Å². The Morgan fingerprint density at radius 2 is 1.85 bits per heavy atom. The lowest BCUT2D eigenvalue weighted by Gasteiger charge is -2.22. The summed E-state index contributed by atoms with van der Waals surface area (Å²) in [5.41, 5.74) is 2.48. The number of fused-ring (bicyclic) bond motifs is 1. The Balaban J connectivity index is 1.28. The van der Waals surface area contributed by atoms with Crippen molar-refractivity contribution in [3.63, 3.8) is 0 Å². The number of carbonyl (C=O) groups excluding carboxylic acids is 3. The van der Waals surface area contributed by atoms with Crippen LogP contribution >= 0.6 is 0 Å². The summed E-state index contributed by atoms with van der Waals surface area (Å²) in [4.78, 5) is 38.2. The molecular weight excluding hydrogens is 422 g/mol. The van der Waals surface area contributed by atoms with Crippen LogP contribution in [0.5, 0.6) is 11.5 Å². The van der Waals surface area contributed by atoms with Crippen LogP contribution in [0.15, 0.2) is 54.6 Å². The zero-order valence-corrected chi connectivity index (χ0v) is 18.6. The second-order valence-electron chi connectivity index (χ2n) is 8.18. The van der Waals surface area contributed by atoms with E-state index < -0.39 is 0 Å². The maximum absolute atomic E-state index is 12.5. The largest absolute Gasteiger partial charge is 0.465 e. The molecule has 0 unspecified atom stereocenters. The van der Waals surface area contributed by atoms with Crippen LogP contribution in [0, 0.1) is 0 Å². The van der Waals surface area contributed by atoms with Crippen molar-refractivity contribution in [2.75, 3.05) is 20.4 Å². The van der Waals surface area contributed by atoms with Crippen LogP contribution in [0.1, 0.15) is 40.7 Å². The zero-order valence-electron chi connectivity index (χ0n) is 18.6. The number of hydrogen-bond acceptors (Lipinski definition) is 6. The molecule has 1 saturated heterocycles. The number of likely N-dealkylation sites (tertiary alicyclic amines) is 1. The van der Waals surface area contributed by atoms with E-state index in [4.69, 9.17) is 14.2 Å². The van der Waals surface area contributed by atoms with Gasteiger partial charge in [0.2, 0.25) is 12.7 Å². The molecule has 2 aromatic carbocycles. The third-order valence-electron chi connectivity index (χ3n) is 5.93. The Labute approximate surface area is 192 Å². The van der Waals surface area contributed by atoms with Gasteiger partial charge in [0.15, 0.2) is 17.3 Å². The van der Waals surface area contributed by atoms with Gasteiger partial charge in [0.05, 0.1) is 18.7 Å². The zero-order chi connectivity index (χ0) is 23.2. The number of esters is 1. The number of allylic oxidation sites excluding steroid dienone is 1. The molecule has 2 aliphatic rings. The van der Waals surface area contributed by atoms with Gasteiger partial charge in [-0.25, -0.2) is 4.79 Å². The van der Waals surface area contributed by atoms with E-state index in [9.17, 15) is 14.4 Å². The Bertz CT molecular complexity index is 1060. The number of rotatable bonds is 9. The van der Waals surface area contributed by atoms with Crippen LogP contribution < -0.4 is 9.47 Å². The molecule has 7 heteroatoms. The van der Waals surface area contributed by atoms with Crippen molar-refractivity contribution >= 4 is 17.7 Å². The van der Waals surface area contributed by atoms with Crippen molar-refractivity contribution in [3.8, 4) is 11.5 Å². The number of ketones is 1. The summed E-state index contributed by atoms with van der Waals surface area (Å²) in [6.07, 6.45) is 6.54. The molecule has 2 heterocycles. The lowest BCUT2D eigenvalue weighted by atomic mass is 10.1. The van der Waals surface area contributed by atoms with Gasteiger partial charge in [-0.3, -0.25) is 9.59 Å². The fraction of sp³-hybridized carbons (Fsp3) is 0.346. The van der Waals surface area contributed by atoms with E-state index in [0.717, 1.165) is 30.4 Å². The van der Waals surface area contributed by atoms with E-state index in [0.29, 0.717) is 30.0 Å². The van der Waals surface area contributed by atoms with Crippen LogP contribution in [-0.2, 0) is 27.2 Å². The number of amides is 1. The monoisotopic (exact) mass is 449 g/mol. The van der Waals surface area contributed by atoms with Gasteiger partial charge in [-0.05, 0) is 60.7 Å². The lowest BCUT2D eigenvalue weighted by molar-refractivity contribution is -0.128. The summed E-state index contributed by atoms with van der Waals surface area (Å²) in [6, 6.07) is 12.8. The van der Waals surface area contributed by atoms with E-state index in [1.807, 2.05) is 41.3 Å². The molecule has 33 heavy (non-hydrogen) atoms. The molecule has 0 spiro atoms. The summed E-state index contributed by atoms with van der Waals surface area (Å²) >= 11 is 0. The van der Waals surface area contributed by atoms with Crippen LogP contribution in [0.25, 0.3) is 0 Å². The first-order chi connectivity index (χ1) is 16.0. The van der Waals surface area contributed by atoms with E-state index >= 15 is 0 Å². The van der Waals surface area contributed by atoms with Gasteiger partial charge in [0.1, 0.15) is 0 Å². The van der Waals surface area contributed by atoms with E-state index in [1.54, 1.807) is 18.2 Å². The van der Waals surface area contributed by atoms with Gasteiger partial charge in [-0.15, -0.1) is 0 Å². The number of benzene rings is 2. The van der Waals surface area contributed by atoms with Crippen LogP contribution in [0.3, 0.4) is 0 Å². The molecule has 4 rings (SSSR count). The van der Waals surface area contributed by atoms with Gasteiger partial charge in [-0.2, -0.15) is 0 Å². The molecule has 0 bridgehead atoms. The average molecular weight is 450 g/mol. The molecule has 0 radical (unpaired) electrons. The summed E-state index contributed by atoms with van der Waals surface area (Å²) in [5.74, 6) is 1.11. The molecule has 172 valence electrons. The molecule has 2 aromatic rings. The van der Waals surface area contributed by atoms with Crippen molar-refractivity contribution in [2.24, 2.45) is 0 Å². The Morgan fingerprint density at radius 3 is 2.64 bits per heavy atom. The summed E-state index contributed by atoms with van der Waals surface area (Å²) in [7, 11) is 1.36. The maximum atomic E-state index is 12.5. The number of aryl methyl sites for hydroxylation is 1. The standard InChI is InChI=1S/C26H27NO6/c1-31-26(30)20-7-4-18(5-8-20)3-2-14-27-21(10-13-25(27)29)9-11-22(28)15-19-6-12-23-24(16-19)33-17-32-23/h4-9,11-12,16,21H,2-3,10,13-15,17H2,1H3/t21-/m0/s1. The molecule has 1 fully saturated rings. The molecule has 2 aliphatic heterocycles. The van der Waals surface area contributed by atoms with Gasteiger partial charge in [-0.1, -0.05) is 24.3 Å². The predicted octanol–water partition coefficient (Wildman–Crippen LogP) is 3.49.